The summed E-state index contributed by atoms with van der Waals surface area (Å²) in [6, 6.07) is 15.9. The van der Waals surface area contributed by atoms with Crippen LogP contribution in [0.1, 0.15) is 11.4 Å². The van der Waals surface area contributed by atoms with Gasteiger partial charge < -0.3 is 4.57 Å². The van der Waals surface area contributed by atoms with Crippen molar-refractivity contribution < 1.29 is 4.92 Å². The van der Waals surface area contributed by atoms with E-state index in [0.29, 0.717) is 17.0 Å². The van der Waals surface area contributed by atoms with Gasteiger partial charge in [0.2, 0.25) is 0 Å². The number of allylic oxidation sites excluding steroid dienone is 1. The number of nitro groups is 1. The third-order valence-corrected chi connectivity index (χ3v) is 3.54. The van der Waals surface area contributed by atoms with E-state index in [1.165, 1.54) is 12.1 Å². The Balaban J connectivity index is 2.12. The van der Waals surface area contributed by atoms with Gasteiger partial charge in [-0.25, -0.2) is 4.98 Å². The summed E-state index contributed by atoms with van der Waals surface area (Å²) in [5, 5.41) is 20.3. The Hall–Kier alpha value is -3.46. The number of hydrogen-bond donors (Lipinski definition) is 0. The number of aryl methyl sites for hydroxylation is 1. The van der Waals surface area contributed by atoms with Crippen molar-refractivity contribution in [3.05, 3.63) is 70.0 Å². The minimum absolute atomic E-state index is 0.0129. The normalized spacial score (nSPS) is 11.4. The van der Waals surface area contributed by atoms with Gasteiger partial charge in [-0.2, -0.15) is 5.26 Å². The lowest BCUT2D eigenvalue weighted by Gasteiger charge is -2.01. The number of nitrogens with zero attached hydrogens (tertiary/aromatic N) is 4. The van der Waals surface area contributed by atoms with Crippen LogP contribution >= 0.6 is 0 Å². The van der Waals surface area contributed by atoms with Gasteiger partial charge in [-0.3, -0.25) is 10.1 Å². The molecule has 0 amide bonds. The Morgan fingerprint density at radius 3 is 2.78 bits per heavy atom. The minimum Gasteiger partial charge on any atom is -0.327 e. The molecule has 0 N–H and O–H groups in total. The molecule has 0 aliphatic carbocycles. The standard InChI is InChI=1S/C17H12N4O2/c1-20-16-8-3-2-7-15(16)19-17(20)13(11-18)9-12-5-4-6-14(10-12)21(22)23/h2-10H,1H3. The van der Waals surface area contributed by atoms with Crippen LogP contribution in [0.25, 0.3) is 22.7 Å². The van der Waals surface area contributed by atoms with Gasteiger partial charge in [-0.1, -0.05) is 24.3 Å². The summed E-state index contributed by atoms with van der Waals surface area (Å²) < 4.78 is 1.84. The van der Waals surface area contributed by atoms with Crippen LogP contribution in [0.2, 0.25) is 0 Å². The number of non-ortho nitro benzene ring substituents is 1. The fourth-order valence-corrected chi connectivity index (χ4v) is 2.43. The summed E-state index contributed by atoms with van der Waals surface area (Å²) in [7, 11) is 1.84. The number of nitriles is 1. The van der Waals surface area contributed by atoms with E-state index in [1.54, 1.807) is 18.2 Å². The van der Waals surface area contributed by atoms with Crippen molar-refractivity contribution in [3.8, 4) is 6.07 Å². The minimum atomic E-state index is -0.460. The van der Waals surface area contributed by atoms with E-state index in [1.807, 2.05) is 35.9 Å². The molecular weight excluding hydrogens is 292 g/mol. The first-order chi connectivity index (χ1) is 11.1. The fourth-order valence-electron chi connectivity index (χ4n) is 2.43. The monoisotopic (exact) mass is 304 g/mol. The molecule has 0 bridgehead atoms. The predicted molar refractivity (Wildman–Crippen MR) is 87.3 cm³/mol. The second-order valence-corrected chi connectivity index (χ2v) is 5.01. The molecule has 0 atom stereocenters. The molecule has 1 aromatic heterocycles. The van der Waals surface area contributed by atoms with E-state index in [9.17, 15) is 15.4 Å². The Morgan fingerprint density at radius 2 is 2.09 bits per heavy atom. The quantitative estimate of drug-likeness (QED) is 0.421. The molecule has 112 valence electrons. The van der Waals surface area contributed by atoms with Gasteiger partial charge in [0.1, 0.15) is 6.07 Å². The van der Waals surface area contributed by atoms with E-state index in [0.717, 1.165) is 11.0 Å². The van der Waals surface area contributed by atoms with Gasteiger partial charge in [0.25, 0.3) is 5.69 Å². The zero-order chi connectivity index (χ0) is 16.4. The first kappa shape index (κ1) is 14.5. The first-order valence-electron chi connectivity index (χ1n) is 6.88. The molecule has 2 aromatic carbocycles. The number of imidazole rings is 1. The van der Waals surface area contributed by atoms with Crippen molar-refractivity contribution in [1.29, 1.82) is 5.26 Å². The van der Waals surface area contributed by atoms with Crippen LogP contribution < -0.4 is 0 Å². The van der Waals surface area contributed by atoms with Gasteiger partial charge in [0.15, 0.2) is 5.82 Å². The second kappa shape index (κ2) is 5.73. The largest absolute Gasteiger partial charge is 0.327 e. The summed E-state index contributed by atoms with van der Waals surface area (Å²) in [5.74, 6) is 0.528. The molecule has 0 saturated heterocycles. The topological polar surface area (TPSA) is 84.8 Å². The average molecular weight is 304 g/mol. The van der Waals surface area contributed by atoms with Gasteiger partial charge in [0, 0.05) is 19.2 Å². The third kappa shape index (κ3) is 2.68. The maximum Gasteiger partial charge on any atom is 0.270 e. The van der Waals surface area contributed by atoms with Crippen molar-refractivity contribution in [1.82, 2.24) is 9.55 Å². The van der Waals surface area contributed by atoms with Crippen molar-refractivity contribution in [2.45, 2.75) is 0 Å². The van der Waals surface area contributed by atoms with Crippen LogP contribution in [0.15, 0.2) is 48.5 Å². The van der Waals surface area contributed by atoms with Gasteiger partial charge in [-0.15, -0.1) is 0 Å². The molecule has 6 heteroatoms. The molecule has 1 heterocycles. The SMILES string of the molecule is Cn1c(C(C#N)=Cc2cccc([N+](=O)[O-])c2)nc2ccccc21. The summed E-state index contributed by atoms with van der Waals surface area (Å²) in [4.78, 5) is 14.9. The number of benzene rings is 2. The number of aromatic nitrogens is 2. The van der Waals surface area contributed by atoms with Crippen LogP contribution in [0.4, 0.5) is 5.69 Å². The zero-order valence-corrected chi connectivity index (χ0v) is 12.3. The number of fused-ring (bicyclic) bond motifs is 1. The Morgan fingerprint density at radius 1 is 1.30 bits per heavy atom. The van der Waals surface area contributed by atoms with E-state index in [2.05, 4.69) is 11.1 Å². The molecule has 0 unspecified atom stereocenters. The highest BCUT2D eigenvalue weighted by molar-refractivity contribution is 5.91. The summed E-state index contributed by atoms with van der Waals surface area (Å²) in [6.45, 7) is 0. The summed E-state index contributed by atoms with van der Waals surface area (Å²) in [5.41, 5.74) is 2.64. The van der Waals surface area contributed by atoms with Gasteiger partial charge in [0.05, 0.1) is 21.5 Å². The number of nitro benzene ring substituents is 1. The van der Waals surface area contributed by atoms with E-state index in [4.69, 9.17) is 0 Å². The Labute approximate surface area is 132 Å². The maximum atomic E-state index is 10.9. The molecule has 0 fully saturated rings. The highest BCUT2D eigenvalue weighted by atomic mass is 16.6. The van der Waals surface area contributed by atoms with Crippen molar-refractivity contribution >= 4 is 28.4 Å². The highest BCUT2D eigenvalue weighted by Crippen LogP contribution is 2.23. The highest BCUT2D eigenvalue weighted by Gasteiger charge is 2.12. The molecule has 3 rings (SSSR count). The zero-order valence-electron chi connectivity index (χ0n) is 12.3. The van der Waals surface area contributed by atoms with Crippen LogP contribution in [-0.2, 0) is 7.05 Å². The summed E-state index contributed by atoms with van der Waals surface area (Å²) in [6.07, 6.45) is 1.61. The number of rotatable bonds is 3. The van der Waals surface area contributed by atoms with Crippen molar-refractivity contribution in [3.63, 3.8) is 0 Å². The molecular formula is C17H12N4O2. The lowest BCUT2D eigenvalue weighted by molar-refractivity contribution is -0.384. The molecule has 0 spiro atoms. The lowest BCUT2D eigenvalue weighted by Crippen LogP contribution is -1.96. The molecule has 0 aliphatic rings. The number of hydrogen-bond acceptors (Lipinski definition) is 4. The molecule has 23 heavy (non-hydrogen) atoms. The predicted octanol–water partition coefficient (Wildman–Crippen LogP) is 3.55. The summed E-state index contributed by atoms with van der Waals surface area (Å²) >= 11 is 0. The molecule has 6 nitrogen and oxygen atoms in total. The van der Waals surface area contributed by atoms with Crippen LogP contribution in [-0.4, -0.2) is 14.5 Å². The fraction of sp³-hybridized carbons (Fsp3) is 0.0588. The molecule has 0 saturated carbocycles. The van der Waals surface area contributed by atoms with Crippen molar-refractivity contribution in [2.75, 3.05) is 0 Å². The molecule has 0 radical (unpaired) electrons. The van der Waals surface area contributed by atoms with Crippen LogP contribution in [0.5, 0.6) is 0 Å². The van der Waals surface area contributed by atoms with Crippen LogP contribution in [0.3, 0.4) is 0 Å². The van der Waals surface area contributed by atoms with Crippen molar-refractivity contribution in [2.24, 2.45) is 7.05 Å². The van der Waals surface area contributed by atoms with Crippen LogP contribution in [0, 0.1) is 21.4 Å². The van der Waals surface area contributed by atoms with Gasteiger partial charge >= 0.3 is 0 Å². The lowest BCUT2D eigenvalue weighted by atomic mass is 10.1. The second-order valence-electron chi connectivity index (χ2n) is 5.01. The first-order valence-corrected chi connectivity index (χ1v) is 6.88. The Kier molecular flexibility index (Phi) is 3.61. The molecule has 3 aromatic rings. The third-order valence-electron chi connectivity index (χ3n) is 3.54. The van der Waals surface area contributed by atoms with E-state index >= 15 is 0 Å². The average Bonchev–Trinajstić information content (AvgIpc) is 2.90. The van der Waals surface area contributed by atoms with E-state index < -0.39 is 4.92 Å². The number of para-hydroxylation sites is 2. The van der Waals surface area contributed by atoms with Gasteiger partial charge in [-0.05, 0) is 23.8 Å². The van der Waals surface area contributed by atoms with E-state index in [-0.39, 0.29) is 5.69 Å². The molecule has 0 aliphatic heterocycles. The smallest absolute Gasteiger partial charge is 0.270 e. The maximum absolute atomic E-state index is 10.9. The Bertz CT molecular complexity index is 980.